The van der Waals surface area contributed by atoms with E-state index in [4.69, 9.17) is 0 Å². The first-order valence-electron chi connectivity index (χ1n) is 10.5. The molecule has 0 spiro atoms. The van der Waals surface area contributed by atoms with Gasteiger partial charge in [-0.2, -0.15) is 0 Å². The Balaban J connectivity index is 1.81. The summed E-state index contributed by atoms with van der Waals surface area (Å²) < 4.78 is 0. The number of hydrogen-bond donors (Lipinski definition) is 1. The Bertz CT molecular complexity index is 746. The summed E-state index contributed by atoms with van der Waals surface area (Å²) in [6.07, 6.45) is 9.43. The van der Waals surface area contributed by atoms with Crippen molar-refractivity contribution in [3.8, 4) is 0 Å². The van der Waals surface area contributed by atoms with Gasteiger partial charge in [-0.25, -0.2) is 0 Å². The first kappa shape index (κ1) is 22.1. The second-order valence-corrected chi connectivity index (χ2v) is 8.54. The van der Waals surface area contributed by atoms with Gasteiger partial charge in [-0.1, -0.05) is 77.1 Å². The summed E-state index contributed by atoms with van der Waals surface area (Å²) in [6, 6.07) is 6.95. The minimum absolute atomic E-state index is 0.0638. The second kappa shape index (κ2) is 10.4. The molecule has 0 radical (unpaired) electrons. The Morgan fingerprint density at radius 2 is 1.61 bits per heavy atom. The third kappa shape index (κ3) is 6.43. The lowest BCUT2D eigenvalue weighted by molar-refractivity contribution is -0.121. The molecule has 1 amide bonds. The Morgan fingerprint density at radius 1 is 0.964 bits per heavy atom. The zero-order valence-corrected chi connectivity index (χ0v) is 17.5. The summed E-state index contributed by atoms with van der Waals surface area (Å²) in [4.78, 5) is 37.1. The van der Waals surface area contributed by atoms with Crippen LogP contribution >= 0.6 is 0 Å². The zero-order valence-electron chi connectivity index (χ0n) is 17.5. The van der Waals surface area contributed by atoms with E-state index in [9.17, 15) is 14.4 Å². The van der Waals surface area contributed by atoms with Gasteiger partial charge in [0.1, 0.15) is 0 Å². The van der Waals surface area contributed by atoms with Gasteiger partial charge in [0.15, 0.2) is 11.6 Å². The molecule has 4 nitrogen and oxygen atoms in total. The van der Waals surface area contributed by atoms with Crippen molar-refractivity contribution in [2.75, 3.05) is 6.54 Å². The predicted molar refractivity (Wildman–Crippen MR) is 113 cm³/mol. The summed E-state index contributed by atoms with van der Waals surface area (Å²) in [6.45, 7) is 6.71. The number of Topliss-reactive ketones (excluding diaryl/α,β-unsaturated/α-hetero) is 1. The maximum Gasteiger partial charge on any atom is 0.220 e. The maximum absolute atomic E-state index is 12.7. The van der Waals surface area contributed by atoms with Crippen LogP contribution in [0.1, 0.15) is 92.9 Å². The minimum Gasteiger partial charge on any atom is -0.356 e. The van der Waals surface area contributed by atoms with Crippen molar-refractivity contribution in [3.63, 3.8) is 0 Å². The number of carbonyl (C=O) groups is 3. The number of allylic oxidation sites excluding steroid dienone is 2. The molecule has 0 saturated heterocycles. The third-order valence-corrected chi connectivity index (χ3v) is 5.22. The summed E-state index contributed by atoms with van der Waals surface area (Å²) in [5.74, 6) is -0.135. The van der Waals surface area contributed by atoms with Crippen molar-refractivity contribution in [1.82, 2.24) is 5.32 Å². The smallest absolute Gasteiger partial charge is 0.220 e. The average Bonchev–Trinajstić information content (AvgIpc) is 2.67. The molecular weight excluding hydrogens is 350 g/mol. The molecule has 0 heterocycles. The molecule has 1 aliphatic carbocycles. The SMILES string of the molecule is CCCCCCCCC(=O)NCC(C)(C)CC1=CC(=O)c2ccccc2C1=O. The van der Waals surface area contributed by atoms with Crippen molar-refractivity contribution in [3.05, 3.63) is 47.0 Å². The quantitative estimate of drug-likeness (QED) is 0.529. The van der Waals surface area contributed by atoms with Crippen molar-refractivity contribution in [2.24, 2.45) is 5.41 Å². The number of ketones is 2. The normalized spacial score (nSPS) is 13.9. The molecule has 0 aliphatic heterocycles. The molecule has 1 N–H and O–H groups in total. The summed E-state index contributed by atoms with van der Waals surface area (Å²) >= 11 is 0. The number of hydrogen-bond acceptors (Lipinski definition) is 3. The summed E-state index contributed by atoms with van der Waals surface area (Å²) in [5, 5.41) is 3.00. The van der Waals surface area contributed by atoms with Crippen LogP contribution in [-0.2, 0) is 4.79 Å². The summed E-state index contributed by atoms with van der Waals surface area (Å²) in [7, 11) is 0. The highest BCUT2D eigenvalue weighted by Crippen LogP contribution is 2.30. The van der Waals surface area contributed by atoms with Gasteiger partial charge in [0.25, 0.3) is 0 Å². The van der Waals surface area contributed by atoms with E-state index < -0.39 is 0 Å². The van der Waals surface area contributed by atoms with Crippen LogP contribution in [0.3, 0.4) is 0 Å². The molecule has 0 unspecified atom stereocenters. The van der Waals surface area contributed by atoms with E-state index in [0.717, 1.165) is 12.8 Å². The molecule has 1 aliphatic rings. The Hall–Kier alpha value is -2.23. The van der Waals surface area contributed by atoms with E-state index >= 15 is 0 Å². The highest BCUT2D eigenvalue weighted by atomic mass is 16.2. The van der Waals surface area contributed by atoms with Crippen LogP contribution in [0.25, 0.3) is 0 Å². The number of unbranched alkanes of at least 4 members (excludes halogenated alkanes) is 5. The van der Waals surface area contributed by atoms with E-state index in [1.807, 2.05) is 13.8 Å². The topological polar surface area (TPSA) is 63.2 Å². The van der Waals surface area contributed by atoms with Crippen LogP contribution in [-0.4, -0.2) is 24.0 Å². The first-order chi connectivity index (χ1) is 13.3. The van der Waals surface area contributed by atoms with E-state index in [1.54, 1.807) is 24.3 Å². The van der Waals surface area contributed by atoms with Gasteiger partial charge in [0.2, 0.25) is 5.91 Å². The third-order valence-electron chi connectivity index (χ3n) is 5.22. The molecule has 1 aromatic carbocycles. The Labute approximate surface area is 168 Å². The molecule has 0 aromatic heterocycles. The fourth-order valence-corrected chi connectivity index (χ4v) is 3.57. The molecule has 0 fully saturated rings. The van der Waals surface area contributed by atoms with Gasteiger partial charge < -0.3 is 5.32 Å². The van der Waals surface area contributed by atoms with Crippen LogP contribution < -0.4 is 5.32 Å². The Morgan fingerprint density at radius 3 is 2.32 bits per heavy atom. The second-order valence-electron chi connectivity index (χ2n) is 8.54. The lowest BCUT2D eigenvalue weighted by Crippen LogP contribution is -2.35. The van der Waals surface area contributed by atoms with Gasteiger partial charge >= 0.3 is 0 Å². The molecule has 0 saturated carbocycles. The number of nitrogens with one attached hydrogen (secondary N) is 1. The molecule has 152 valence electrons. The highest BCUT2D eigenvalue weighted by Gasteiger charge is 2.29. The zero-order chi connectivity index (χ0) is 20.6. The molecule has 0 atom stereocenters. The summed E-state index contributed by atoms with van der Waals surface area (Å²) in [5.41, 5.74) is 1.18. The van der Waals surface area contributed by atoms with Crippen LogP contribution in [0.5, 0.6) is 0 Å². The molecule has 2 rings (SSSR count). The number of amides is 1. The van der Waals surface area contributed by atoms with Crippen molar-refractivity contribution < 1.29 is 14.4 Å². The maximum atomic E-state index is 12.7. The standard InChI is InChI=1S/C24H33NO3/c1-4-5-6-7-8-9-14-22(27)25-17-24(2,3)16-18-15-21(26)19-12-10-11-13-20(19)23(18)28/h10-13,15H,4-9,14,16-17H2,1-3H3,(H,25,27). The van der Waals surface area contributed by atoms with Crippen LogP contribution in [0.2, 0.25) is 0 Å². The van der Waals surface area contributed by atoms with Gasteiger partial charge in [-0.3, -0.25) is 14.4 Å². The van der Waals surface area contributed by atoms with E-state index in [0.29, 0.717) is 36.1 Å². The monoisotopic (exact) mass is 383 g/mol. The van der Waals surface area contributed by atoms with E-state index in [-0.39, 0.29) is 22.9 Å². The lowest BCUT2D eigenvalue weighted by atomic mass is 9.79. The molecule has 1 aromatic rings. The molecule has 4 heteroatoms. The number of carbonyl (C=O) groups excluding carboxylic acids is 3. The number of rotatable bonds is 11. The van der Waals surface area contributed by atoms with Gasteiger partial charge in [-0.15, -0.1) is 0 Å². The number of fused-ring (bicyclic) bond motifs is 1. The van der Waals surface area contributed by atoms with Crippen LogP contribution in [0, 0.1) is 5.41 Å². The average molecular weight is 384 g/mol. The Kier molecular flexibility index (Phi) is 8.16. The highest BCUT2D eigenvalue weighted by molar-refractivity contribution is 6.24. The first-order valence-corrected chi connectivity index (χ1v) is 10.5. The number of benzene rings is 1. The van der Waals surface area contributed by atoms with Crippen molar-refractivity contribution in [2.45, 2.75) is 72.1 Å². The van der Waals surface area contributed by atoms with Gasteiger partial charge in [0.05, 0.1) is 0 Å². The lowest BCUT2D eigenvalue weighted by Gasteiger charge is -2.27. The van der Waals surface area contributed by atoms with Crippen molar-refractivity contribution >= 4 is 17.5 Å². The largest absolute Gasteiger partial charge is 0.356 e. The molecular formula is C24H33NO3. The van der Waals surface area contributed by atoms with Crippen molar-refractivity contribution in [1.29, 1.82) is 0 Å². The fraction of sp³-hybridized carbons (Fsp3) is 0.542. The molecule has 28 heavy (non-hydrogen) atoms. The minimum atomic E-state index is -0.301. The van der Waals surface area contributed by atoms with Crippen LogP contribution in [0.15, 0.2) is 35.9 Å². The van der Waals surface area contributed by atoms with Crippen LogP contribution in [0.4, 0.5) is 0 Å². The van der Waals surface area contributed by atoms with E-state index in [2.05, 4.69) is 12.2 Å². The molecule has 0 bridgehead atoms. The van der Waals surface area contributed by atoms with E-state index in [1.165, 1.54) is 31.8 Å². The van der Waals surface area contributed by atoms with Gasteiger partial charge in [-0.05, 0) is 24.3 Å². The van der Waals surface area contributed by atoms with Gasteiger partial charge in [0, 0.05) is 29.7 Å². The fourth-order valence-electron chi connectivity index (χ4n) is 3.57. The predicted octanol–water partition coefficient (Wildman–Crippen LogP) is 5.28.